The quantitative estimate of drug-likeness (QED) is 0.769. The van der Waals surface area contributed by atoms with E-state index < -0.39 is 0 Å². The molecule has 18 heavy (non-hydrogen) atoms. The van der Waals surface area contributed by atoms with Gasteiger partial charge in [-0.1, -0.05) is 13.8 Å². The molecule has 0 spiro atoms. The monoisotopic (exact) mass is 255 g/mol. The maximum atomic E-state index is 9.34. The van der Waals surface area contributed by atoms with Gasteiger partial charge >= 0.3 is 0 Å². The predicted molar refractivity (Wildman–Crippen MR) is 71.7 cm³/mol. The zero-order valence-corrected chi connectivity index (χ0v) is 12.0. The van der Waals surface area contributed by atoms with Gasteiger partial charge in [-0.2, -0.15) is 5.10 Å². The third-order valence-corrected chi connectivity index (χ3v) is 3.03. The number of aryl methyl sites for hydroxylation is 2. The molecule has 0 saturated heterocycles. The lowest BCUT2D eigenvalue weighted by atomic mass is 10.0. The van der Waals surface area contributed by atoms with Crippen molar-refractivity contribution in [2.45, 2.75) is 39.8 Å². The number of aliphatic hydroxyl groups is 1. The van der Waals surface area contributed by atoms with E-state index in [-0.39, 0.29) is 12.6 Å². The van der Waals surface area contributed by atoms with Crippen LogP contribution < -0.4 is 10.1 Å². The highest BCUT2D eigenvalue weighted by atomic mass is 16.5. The first-order valence-corrected chi connectivity index (χ1v) is 6.40. The Bertz CT molecular complexity index is 375. The molecule has 0 radical (unpaired) electrons. The Kier molecular flexibility index (Phi) is 5.62. The highest BCUT2D eigenvalue weighted by Crippen LogP contribution is 2.20. The van der Waals surface area contributed by atoms with Gasteiger partial charge in [-0.15, -0.1) is 0 Å². The Morgan fingerprint density at radius 2 is 2.11 bits per heavy atom. The van der Waals surface area contributed by atoms with Gasteiger partial charge in [0, 0.05) is 19.6 Å². The van der Waals surface area contributed by atoms with Crippen LogP contribution in [0.4, 0.5) is 0 Å². The molecule has 5 nitrogen and oxygen atoms in total. The summed E-state index contributed by atoms with van der Waals surface area (Å²) >= 11 is 0. The van der Waals surface area contributed by atoms with Crippen LogP contribution in [0, 0.1) is 12.8 Å². The van der Waals surface area contributed by atoms with Gasteiger partial charge in [-0.25, -0.2) is 4.68 Å². The number of hydrogen-bond donors (Lipinski definition) is 2. The summed E-state index contributed by atoms with van der Waals surface area (Å²) in [7, 11) is 3.52. The second-order valence-electron chi connectivity index (χ2n) is 5.09. The van der Waals surface area contributed by atoms with Crippen molar-refractivity contribution in [2.75, 3.05) is 13.7 Å². The van der Waals surface area contributed by atoms with Gasteiger partial charge in [0.1, 0.15) is 0 Å². The van der Waals surface area contributed by atoms with E-state index in [0.29, 0.717) is 12.5 Å². The van der Waals surface area contributed by atoms with Crippen LogP contribution in [0.1, 0.15) is 31.5 Å². The van der Waals surface area contributed by atoms with Crippen molar-refractivity contribution in [1.82, 2.24) is 15.1 Å². The summed E-state index contributed by atoms with van der Waals surface area (Å²) in [5, 5.41) is 17.0. The van der Waals surface area contributed by atoms with Crippen LogP contribution in [0.2, 0.25) is 0 Å². The van der Waals surface area contributed by atoms with Gasteiger partial charge < -0.3 is 15.2 Å². The van der Waals surface area contributed by atoms with Gasteiger partial charge in [-0.05, 0) is 19.3 Å². The summed E-state index contributed by atoms with van der Waals surface area (Å²) in [6.07, 6.45) is 0.956. The molecule has 1 aromatic heterocycles. The first kappa shape index (κ1) is 15.0. The maximum absolute atomic E-state index is 9.34. The Labute approximate surface area is 109 Å². The lowest BCUT2D eigenvalue weighted by Gasteiger charge is -2.18. The number of nitrogens with one attached hydrogen (secondary N) is 1. The molecule has 1 aromatic rings. The van der Waals surface area contributed by atoms with E-state index in [1.54, 1.807) is 11.8 Å². The SMILES string of the molecule is COc1c(CNC(CO)CC(C)C)c(C)nn1C. The third kappa shape index (κ3) is 3.71. The smallest absolute Gasteiger partial charge is 0.216 e. The summed E-state index contributed by atoms with van der Waals surface area (Å²) in [6, 6.07) is 0.120. The van der Waals surface area contributed by atoms with E-state index in [0.717, 1.165) is 23.6 Å². The minimum absolute atomic E-state index is 0.120. The lowest BCUT2D eigenvalue weighted by molar-refractivity contribution is 0.223. The molecule has 0 aliphatic heterocycles. The molecule has 104 valence electrons. The number of hydrogen-bond acceptors (Lipinski definition) is 4. The second kappa shape index (κ2) is 6.75. The van der Waals surface area contributed by atoms with E-state index in [2.05, 4.69) is 24.3 Å². The van der Waals surface area contributed by atoms with Crippen LogP contribution in [-0.4, -0.2) is 34.6 Å². The molecule has 1 atom stereocenters. The summed E-state index contributed by atoms with van der Waals surface area (Å²) in [5.74, 6) is 1.34. The average Bonchev–Trinajstić information content (AvgIpc) is 2.58. The predicted octanol–water partition coefficient (Wildman–Crippen LogP) is 1.23. The van der Waals surface area contributed by atoms with Crippen LogP contribution in [-0.2, 0) is 13.6 Å². The summed E-state index contributed by atoms with van der Waals surface area (Å²) in [6.45, 7) is 7.09. The van der Waals surface area contributed by atoms with Gasteiger partial charge in [0.2, 0.25) is 5.88 Å². The minimum atomic E-state index is 0.120. The summed E-state index contributed by atoms with van der Waals surface area (Å²) in [4.78, 5) is 0. The van der Waals surface area contributed by atoms with Crippen molar-refractivity contribution in [3.05, 3.63) is 11.3 Å². The Hall–Kier alpha value is -1.07. The molecule has 2 N–H and O–H groups in total. The third-order valence-electron chi connectivity index (χ3n) is 3.03. The van der Waals surface area contributed by atoms with Gasteiger partial charge in [0.25, 0.3) is 0 Å². The first-order valence-electron chi connectivity index (χ1n) is 6.40. The molecule has 0 amide bonds. The van der Waals surface area contributed by atoms with Gasteiger partial charge in [-0.3, -0.25) is 0 Å². The second-order valence-corrected chi connectivity index (χ2v) is 5.09. The van der Waals surface area contributed by atoms with E-state index in [4.69, 9.17) is 4.74 Å². The fraction of sp³-hybridized carbons (Fsp3) is 0.769. The molecule has 0 bridgehead atoms. The van der Waals surface area contributed by atoms with Crippen molar-refractivity contribution in [3.63, 3.8) is 0 Å². The van der Waals surface area contributed by atoms with Gasteiger partial charge in [0.05, 0.1) is 25.0 Å². The van der Waals surface area contributed by atoms with Crippen molar-refractivity contribution in [2.24, 2.45) is 13.0 Å². The summed E-state index contributed by atoms with van der Waals surface area (Å²) in [5.41, 5.74) is 2.02. The molecular formula is C13H25N3O2. The molecule has 1 rings (SSSR count). The number of methoxy groups -OCH3 is 1. The van der Waals surface area contributed by atoms with Crippen LogP contribution in [0.15, 0.2) is 0 Å². The number of aromatic nitrogens is 2. The number of nitrogens with zero attached hydrogens (tertiary/aromatic N) is 2. The zero-order valence-electron chi connectivity index (χ0n) is 12.0. The van der Waals surface area contributed by atoms with Crippen LogP contribution in [0.3, 0.4) is 0 Å². The maximum Gasteiger partial charge on any atom is 0.216 e. The molecule has 1 heterocycles. The Morgan fingerprint density at radius 1 is 1.44 bits per heavy atom. The van der Waals surface area contributed by atoms with E-state index in [9.17, 15) is 5.11 Å². The highest BCUT2D eigenvalue weighted by molar-refractivity contribution is 5.30. The number of ether oxygens (including phenoxy) is 1. The van der Waals surface area contributed by atoms with E-state index in [1.807, 2.05) is 14.0 Å². The van der Waals surface area contributed by atoms with Crippen LogP contribution in [0.25, 0.3) is 0 Å². The topological polar surface area (TPSA) is 59.3 Å². The van der Waals surface area contributed by atoms with E-state index >= 15 is 0 Å². The van der Waals surface area contributed by atoms with Crippen LogP contribution in [0.5, 0.6) is 5.88 Å². The highest BCUT2D eigenvalue weighted by Gasteiger charge is 2.16. The molecule has 1 unspecified atom stereocenters. The van der Waals surface area contributed by atoms with Crippen molar-refractivity contribution in [3.8, 4) is 5.88 Å². The standard InChI is InChI=1S/C13H25N3O2/c1-9(2)6-11(8-17)14-7-12-10(3)15-16(4)13(12)18-5/h9,11,14,17H,6-8H2,1-5H3. The molecule has 0 aromatic carbocycles. The van der Waals surface area contributed by atoms with E-state index in [1.165, 1.54) is 0 Å². The van der Waals surface area contributed by atoms with Crippen molar-refractivity contribution in [1.29, 1.82) is 0 Å². The minimum Gasteiger partial charge on any atom is -0.481 e. The molecule has 0 saturated carbocycles. The van der Waals surface area contributed by atoms with Crippen molar-refractivity contribution < 1.29 is 9.84 Å². The molecular weight excluding hydrogens is 230 g/mol. The Morgan fingerprint density at radius 3 is 2.61 bits per heavy atom. The zero-order chi connectivity index (χ0) is 13.7. The number of rotatable bonds is 7. The van der Waals surface area contributed by atoms with Crippen LogP contribution >= 0.6 is 0 Å². The normalized spacial score (nSPS) is 13.1. The lowest BCUT2D eigenvalue weighted by Crippen LogP contribution is -2.33. The molecule has 0 fully saturated rings. The molecule has 0 aliphatic carbocycles. The number of aliphatic hydroxyl groups excluding tert-OH is 1. The van der Waals surface area contributed by atoms with Gasteiger partial charge in [0.15, 0.2) is 0 Å². The Balaban J connectivity index is 2.67. The fourth-order valence-corrected chi connectivity index (χ4v) is 2.18. The average molecular weight is 255 g/mol. The van der Waals surface area contributed by atoms with Crippen molar-refractivity contribution >= 4 is 0 Å². The largest absolute Gasteiger partial charge is 0.481 e. The fourth-order valence-electron chi connectivity index (χ4n) is 2.18. The summed E-state index contributed by atoms with van der Waals surface area (Å²) < 4.78 is 7.08. The first-order chi connectivity index (χ1) is 8.49. The molecule has 0 aliphatic rings. The molecule has 5 heteroatoms.